The first-order chi connectivity index (χ1) is 14.0. The number of thioether (sulfide) groups is 1. The van der Waals surface area contributed by atoms with Gasteiger partial charge in [-0.1, -0.05) is 60.1 Å². The van der Waals surface area contributed by atoms with E-state index in [1.807, 2.05) is 30.3 Å². The molecule has 0 aromatic heterocycles. The summed E-state index contributed by atoms with van der Waals surface area (Å²) in [7, 11) is 0. The van der Waals surface area contributed by atoms with Gasteiger partial charge >= 0.3 is 0 Å². The zero-order chi connectivity index (χ0) is 20.8. The molecule has 2 aromatic rings. The van der Waals surface area contributed by atoms with Gasteiger partial charge in [-0.2, -0.15) is 0 Å². The van der Waals surface area contributed by atoms with Gasteiger partial charge in [0.2, 0.25) is 5.91 Å². The molecule has 1 heterocycles. The number of hydrogen-bond acceptors (Lipinski definition) is 5. The number of nitrogens with one attached hydrogen (secondary N) is 1. The summed E-state index contributed by atoms with van der Waals surface area (Å²) in [6.07, 6.45) is 1.98. The van der Waals surface area contributed by atoms with Gasteiger partial charge in [0.25, 0.3) is 11.1 Å². The van der Waals surface area contributed by atoms with Gasteiger partial charge in [-0.3, -0.25) is 19.3 Å². The van der Waals surface area contributed by atoms with E-state index in [1.165, 1.54) is 6.08 Å². The number of aliphatic hydroxyl groups excluding tert-OH is 1. The Hall–Kier alpha value is -2.61. The standard InChI is InChI=1S/C21H19ClN2O4S/c22-17-9-5-4-8-15(17)11-18-20(27)24(21(28)29-18)12-19(26)23-16(13-25)10-14-6-2-1-3-7-14/h1-9,11,16,25H,10,12-13H2,(H,23,26)/b18-11-/t16-/m1/s1. The van der Waals surface area contributed by atoms with Crippen molar-refractivity contribution in [3.8, 4) is 0 Å². The minimum absolute atomic E-state index is 0.207. The fourth-order valence-electron chi connectivity index (χ4n) is 2.85. The smallest absolute Gasteiger partial charge is 0.294 e. The first kappa shape index (κ1) is 21.1. The molecule has 2 aromatic carbocycles. The Morgan fingerprint density at radius 3 is 2.52 bits per heavy atom. The second kappa shape index (κ2) is 9.73. The van der Waals surface area contributed by atoms with Crippen molar-refractivity contribution >= 4 is 46.5 Å². The lowest BCUT2D eigenvalue weighted by atomic mass is 10.1. The summed E-state index contributed by atoms with van der Waals surface area (Å²) in [5.74, 6) is -1.06. The summed E-state index contributed by atoms with van der Waals surface area (Å²) in [5, 5.41) is 12.2. The summed E-state index contributed by atoms with van der Waals surface area (Å²) in [6.45, 7) is -0.662. The van der Waals surface area contributed by atoms with E-state index >= 15 is 0 Å². The van der Waals surface area contributed by atoms with Gasteiger partial charge in [0.15, 0.2) is 0 Å². The average molecular weight is 431 g/mol. The number of carbonyl (C=O) groups is 3. The Balaban J connectivity index is 1.63. The first-order valence-corrected chi connectivity index (χ1v) is 10.1. The Morgan fingerprint density at radius 2 is 1.83 bits per heavy atom. The molecular formula is C21H19ClN2O4S. The third-order valence-electron chi connectivity index (χ3n) is 4.28. The van der Waals surface area contributed by atoms with E-state index in [9.17, 15) is 19.5 Å². The molecule has 1 aliphatic rings. The predicted octanol–water partition coefficient (Wildman–Crippen LogP) is 3.10. The lowest BCUT2D eigenvalue weighted by molar-refractivity contribution is -0.129. The Bertz CT molecular complexity index is 949. The van der Waals surface area contributed by atoms with Crippen LogP contribution in [0.15, 0.2) is 59.5 Å². The molecule has 1 aliphatic heterocycles. The number of nitrogens with zero attached hydrogens (tertiary/aromatic N) is 1. The second-order valence-corrected chi connectivity index (χ2v) is 7.83. The number of hydrogen-bond donors (Lipinski definition) is 2. The SMILES string of the molecule is O=C(CN1C(=O)S/C(=C\c2ccccc2Cl)C1=O)N[C@@H](CO)Cc1ccccc1. The molecule has 1 atom stereocenters. The van der Waals surface area contributed by atoms with E-state index in [-0.39, 0.29) is 11.5 Å². The minimum atomic E-state index is -0.543. The van der Waals surface area contributed by atoms with Gasteiger partial charge in [-0.05, 0) is 41.5 Å². The number of rotatable bonds is 7. The van der Waals surface area contributed by atoms with Gasteiger partial charge in [-0.15, -0.1) is 0 Å². The number of aliphatic hydroxyl groups is 1. The molecule has 6 nitrogen and oxygen atoms in total. The van der Waals surface area contributed by atoms with Crippen molar-refractivity contribution in [2.24, 2.45) is 0 Å². The molecule has 150 valence electrons. The maximum Gasteiger partial charge on any atom is 0.294 e. The molecule has 3 amide bonds. The summed E-state index contributed by atoms with van der Waals surface area (Å²) in [4.78, 5) is 38.2. The molecule has 0 spiro atoms. The van der Waals surface area contributed by atoms with E-state index in [1.54, 1.807) is 24.3 Å². The summed E-state index contributed by atoms with van der Waals surface area (Å²) in [6, 6.07) is 15.9. The number of benzene rings is 2. The van der Waals surface area contributed by atoms with E-state index < -0.39 is 29.6 Å². The van der Waals surface area contributed by atoms with Crippen LogP contribution in [0.4, 0.5) is 4.79 Å². The maximum atomic E-state index is 12.6. The lowest BCUT2D eigenvalue weighted by Crippen LogP contribution is -2.45. The summed E-state index contributed by atoms with van der Waals surface area (Å²) >= 11 is 6.86. The molecule has 2 N–H and O–H groups in total. The van der Waals surface area contributed by atoms with Gasteiger partial charge in [-0.25, -0.2) is 0 Å². The zero-order valence-electron chi connectivity index (χ0n) is 15.4. The van der Waals surface area contributed by atoms with E-state index in [2.05, 4.69) is 5.32 Å². The highest BCUT2D eigenvalue weighted by Gasteiger charge is 2.36. The average Bonchev–Trinajstić information content (AvgIpc) is 2.97. The van der Waals surface area contributed by atoms with Gasteiger partial charge < -0.3 is 10.4 Å². The van der Waals surface area contributed by atoms with Crippen LogP contribution in [-0.4, -0.2) is 46.3 Å². The molecule has 1 fully saturated rings. The van der Waals surface area contributed by atoms with Crippen LogP contribution in [0.3, 0.4) is 0 Å². The molecular weight excluding hydrogens is 412 g/mol. The fraction of sp³-hybridized carbons (Fsp3) is 0.190. The van der Waals surface area contributed by atoms with Gasteiger partial charge in [0.05, 0.1) is 17.6 Å². The van der Waals surface area contributed by atoms with E-state index in [0.29, 0.717) is 17.0 Å². The lowest BCUT2D eigenvalue weighted by Gasteiger charge is -2.18. The second-order valence-electron chi connectivity index (χ2n) is 6.43. The van der Waals surface area contributed by atoms with Crippen molar-refractivity contribution in [1.82, 2.24) is 10.2 Å². The largest absolute Gasteiger partial charge is 0.394 e. The highest BCUT2D eigenvalue weighted by Crippen LogP contribution is 2.33. The number of halogens is 1. The third-order valence-corrected chi connectivity index (χ3v) is 5.53. The molecule has 29 heavy (non-hydrogen) atoms. The van der Waals surface area contributed by atoms with E-state index in [4.69, 9.17) is 11.6 Å². The quantitative estimate of drug-likeness (QED) is 0.659. The van der Waals surface area contributed by atoms with Gasteiger partial charge in [0, 0.05) is 5.02 Å². The summed E-state index contributed by atoms with van der Waals surface area (Å²) < 4.78 is 0. The van der Waals surface area contributed by atoms with Crippen LogP contribution in [0.1, 0.15) is 11.1 Å². The molecule has 3 rings (SSSR count). The van der Waals surface area contributed by atoms with Crippen LogP contribution >= 0.6 is 23.4 Å². The van der Waals surface area contributed by atoms with Crippen LogP contribution in [0.25, 0.3) is 6.08 Å². The van der Waals surface area contributed by atoms with Crippen molar-refractivity contribution in [2.45, 2.75) is 12.5 Å². The predicted molar refractivity (Wildman–Crippen MR) is 113 cm³/mol. The first-order valence-electron chi connectivity index (χ1n) is 8.92. The molecule has 0 radical (unpaired) electrons. The van der Waals surface area contributed by atoms with Crippen LogP contribution in [-0.2, 0) is 16.0 Å². The van der Waals surface area contributed by atoms with Crippen molar-refractivity contribution in [1.29, 1.82) is 0 Å². The number of amides is 3. The van der Waals surface area contributed by atoms with Crippen LogP contribution < -0.4 is 5.32 Å². The molecule has 8 heteroatoms. The van der Waals surface area contributed by atoms with E-state index in [0.717, 1.165) is 22.2 Å². The summed E-state index contributed by atoms with van der Waals surface area (Å²) in [5.41, 5.74) is 1.58. The number of carbonyl (C=O) groups excluding carboxylic acids is 3. The van der Waals surface area contributed by atoms with Crippen molar-refractivity contribution < 1.29 is 19.5 Å². The topological polar surface area (TPSA) is 86.7 Å². The monoisotopic (exact) mass is 430 g/mol. The number of imide groups is 1. The Kier molecular flexibility index (Phi) is 7.09. The fourth-order valence-corrected chi connectivity index (χ4v) is 3.87. The highest BCUT2D eigenvalue weighted by molar-refractivity contribution is 8.18. The van der Waals surface area contributed by atoms with Crippen molar-refractivity contribution in [2.75, 3.05) is 13.2 Å². The molecule has 0 unspecified atom stereocenters. The molecule has 0 saturated carbocycles. The molecule has 0 bridgehead atoms. The van der Waals surface area contributed by atoms with Crippen LogP contribution in [0.5, 0.6) is 0 Å². The normalized spacial score (nSPS) is 16.3. The van der Waals surface area contributed by atoms with Crippen LogP contribution in [0, 0.1) is 0 Å². The Morgan fingerprint density at radius 1 is 1.14 bits per heavy atom. The molecule has 1 saturated heterocycles. The highest BCUT2D eigenvalue weighted by atomic mass is 35.5. The van der Waals surface area contributed by atoms with Crippen LogP contribution in [0.2, 0.25) is 5.02 Å². The molecule has 0 aliphatic carbocycles. The third kappa shape index (κ3) is 5.47. The van der Waals surface area contributed by atoms with Crippen molar-refractivity contribution in [3.63, 3.8) is 0 Å². The maximum absolute atomic E-state index is 12.6. The minimum Gasteiger partial charge on any atom is -0.394 e. The Labute approximate surface area is 177 Å². The van der Waals surface area contributed by atoms with Gasteiger partial charge in [0.1, 0.15) is 6.54 Å². The zero-order valence-corrected chi connectivity index (χ0v) is 16.9. The van der Waals surface area contributed by atoms with Crippen molar-refractivity contribution in [3.05, 3.63) is 75.7 Å².